The first kappa shape index (κ1) is 11.9. The van der Waals surface area contributed by atoms with Crippen molar-refractivity contribution in [3.05, 3.63) is 36.3 Å². The number of carboxylic acids is 1. The van der Waals surface area contributed by atoms with Crippen LogP contribution in [0.15, 0.2) is 30.5 Å². The Hall–Kier alpha value is -2.17. The Kier molecular flexibility index (Phi) is 2.81. The number of fused-ring (bicyclic) bond motifs is 1. The molecule has 4 nitrogen and oxygen atoms in total. The summed E-state index contributed by atoms with van der Waals surface area (Å²) in [5, 5.41) is 10.8. The number of aromatic nitrogens is 1. The number of benzene rings is 1. The van der Waals surface area contributed by atoms with Crippen molar-refractivity contribution >= 4 is 22.6 Å². The minimum absolute atomic E-state index is 0.340. The zero-order chi connectivity index (χ0) is 13.4. The summed E-state index contributed by atoms with van der Waals surface area (Å²) in [5.74, 6) is -0.637. The first-order valence-corrected chi connectivity index (χ1v) is 6.20. The van der Waals surface area contributed by atoms with Gasteiger partial charge in [-0.3, -0.25) is 0 Å². The Morgan fingerprint density at radius 3 is 3.05 bits per heavy atom. The molecule has 0 amide bonds. The van der Waals surface area contributed by atoms with Gasteiger partial charge in [-0.05, 0) is 36.4 Å². The highest BCUT2D eigenvalue weighted by Gasteiger charge is 2.32. The molecule has 1 N–H and O–H groups in total. The van der Waals surface area contributed by atoms with Gasteiger partial charge in [0.25, 0.3) is 0 Å². The Morgan fingerprint density at radius 1 is 1.42 bits per heavy atom. The average Bonchev–Trinajstić information content (AvgIpc) is 2.87. The molecule has 0 spiro atoms. The van der Waals surface area contributed by atoms with Gasteiger partial charge in [0.1, 0.15) is 17.7 Å². The standard InChI is InChI=1S/C14H13FN2O2/c15-10-4-3-9-5-6-16-13(11(9)8-10)17-7-1-2-12(17)14(18)19/h3-6,8,12H,1-2,7H2,(H,18,19). The van der Waals surface area contributed by atoms with Crippen molar-refractivity contribution in [2.45, 2.75) is 18.9 Å². The molecule has 1 unspecified atom stereocenters. The number of hydrogen-bond donors (Lipinski definition) is 1. The summed E-state index contributed by atoms with van der Waals surface area (Å²) in [6.07, 6.45) is 3.04. The highest BCUT2D eigenvalue weighted by molar-refractivity contribution is 5.94. The van der Waals surface area contributed by atoms with E-state index in [1.54, 1.807) is 23.2 Å². The summed E-state index contributed by atoms with van der Waals surface area (Å²) in [6.45, 7) is 0.638. The number of nitrogens with zero attached hydrogens (tertiary/aromatic N) is 2. The van der Waals surface area contributed by atoms with Gasteiger partial charge in [0.15, 0.2) is 0 Å². The van der Waals surface area contributed by atoms with E-state index in [9.17, 15) is 14.3 Å². The molecule has 0 radical (unpaired) electrons. The number of rotatable bonds is 2. The smallest absolute Gasteiger partial charge is 0.326 e. The second-order valence-electron chi connectivity index (χ2n) is 4.69. The Morgan fingerprint density at radius 2 is 2.26 bits per heavy atom. The lowest BCUT2D eigenvalue weighted by Crippen LogP contribution is -2.36. The van der Waals surface area contributed by atoms with Gasteiger partial charge < -0.3 is 10.0 Å². The molecule has 1 fully saturated rings. The van der Waals surface area contributed by atoms with E-state index in [2.05, 4.69) is 4.98 Å². The van der Waals surface area contributed by atoms with Gasteiger partial charge in [-0.15, -0.1) is 0 Å². The van der Waals surface area contributed by atoms with E-state index in [-0.39, 0.29) is 5.82 Å². The summed E-state index contributed by atoms with van der Waals surface area (Å²) in [4.78, 5) is 17.3. The molecule has 1 aromatic heterocycles. The van der Waals surface area contributed by atoms with Crippen LogP contribution in [0.4, 0.5) is 10.2 Å². The fraction of sp³-hybridized carbons (Fsp3) is 0.286. The molecule has 5 heteroatoms. The maximum Gasteiger partial charge on any atom is 0.326 e. The van der Waals surface area contributed by atoms with Crippen LogP contribution in [0.1, 0.15) is 12.8 Å². The summed E-state index contributed by atoms with van der Waals surface area (Å²) < 4.78 is 13.4. The maximum absolute atomic E-state index is 13.4. The van der Waals surface area contributed by atoms with Crippen molar-refractivity contribution in [2.75, 3.05) is 11.4 Å². The van der Waals surface area contributed by atoms with Crippen molar-refractivity contribution in [1.29, 1.82) is 0 Å². The summed E-state index contributed by atoms with van der Waals surface area (Å²) in [6, 6.07) is 5.72. The van der Waals surface area contributed by atoms with E-state index in [0.717, 1.165) is 11.8 Å². The Bertz CT molecular complexity index is 644. The summed E-state index contributed by atoms with van der Waals surface area (Å²) in [7, 11) is 0. The number of halogens is 1. The van der Waals surface area contributed by atoms with Gasteiger partial charge in [0.05, 0.1) is 0 Å². The molecule has 3 rings (SSSR count). The Balaban J connectivity index is 2.14. The maximum atomic E-state index is 13.4. The molecule has 0 aliphatic carbocycles. The second kappa shape index (κ2) is 4.50. The summed E-state index contributed by atoms with van der Waals surface area (Å²) in [5.41, 5.74) is 0. The van der Waals surface area contributed by atoms with Crippen molar-refractivity contribution in [3.8, 4) is 0 Å². The van der Waals surface area contributed by atoms with E-state index in [0.29, 0.717) is 24.2 Å². The topological polar surface area (TPSA) is 53.4 Å². The third-order valence-electron chi connectivity index (χ3n) is 3.52. The normalized spacial score (nSPS) is 19.0. The first-order valence-electron chi connectivity index (χ1n) is 6.20. The quantitative estimate of drug-likeness (QED) is 0.901. The van der Waals surface area contributed by atoms with Crippen LogP contribution in [0.3, 0.4) is 0 Å². The second-order valence-corrected chi connectivity index (χ2v) is 4.69. The molecule has 1 aromatic carbocycles. The lowest BCUT2D eigenvalue weighted by molar-refractivity contribution is -0.138. The van der Waals surface area contributed by atoms with Crippen molar-refractivity contribution in [3.63, 3.8) is 0 Å². The minimum Gasteiger partial charge on any atom is -0.480 e. The van der Waals surface area contributed by atoms with E-state index in [1.807, 2.05) is 0 Å². The fourth-order valence-electron chi connectivity index (χ4n) is 2.63. The van der Waals surface area contributed by atoms with Crippen LogP contribution < -0.4 is 4.90 Å². The van der Waals surface area contributed by atoms with Crippen LogP contribution in [-0.2, 0) is 4.79 Å². The molecule has 2 heterocycles. The van der Waals surface area contributed by atoms with E-state index >= 15 is 0 Å². The van der Waals surface area contributed by atoms with Crippen LogP contribution in [0, 0.1) is 5.82 Å². The van der Waals surface area contributed by atoms with Gasteiger partial charge in [0.2, 0.25) is 0 Å². The number of aliphatic carboxylic acids is 1. The monoisotopic (exact) mass is 260 g/mol. The van der Waals surface area contributed by atoms with Gasteiger partial charge >= 0.3 is 5.97 Å². The van der Waals surface area contributed by atoms with Crippen LogP contribution in [0.2, 0.25) is 0 Å². The summed E-state index contributed by atoms with van der Waals surface area (Å²) >= 11 is 0. The van der Waals surface area contributed by atoms with Crippen molar-refractivity contribution < 1.29 is 14.3 Å². The molecule has 19 heavy (non-hydrogen) atoms. The lowest BCUT2D eigenvalue weighted by Gasteiger charge is -2.23. The Labute approximate surface area is 109 Å². The van der Waals surface area contributed by atoms with Crippen molar-refractivity contribution in [1.82, 2.24) is 4.98 Å². The molecular formula is C14H13FN2O2. The average molecular weight is 260 g/mol. The molecule has 1 aliphatic heterocycles. The van der Waals surface area contributed by atoms with Crippen LogP contribution in [0.25, 0.3) is 10.8 Å². The van der Waals surface area contributed by atoms with E-state index in [4.69, 9.17) is 0 Å². The number of pyridine rings is 1. The first-order chi connectivity index (χ1) is 9.16. The van der Waals surface area contributed by atoms with Gasteiger partial charge in [-0.1, -0.05) is 6.07 Å². The van der Waals surface area contributed by atoms with Gasteiger partial charge in [0, 0.05) is 18.1 Å². The van der Waals surface area contributed by atoms with Crippen LogP contribution >= 0.6 is 0 Å². The predicted octanol–water partition coefficient (Wildman–Crippen LogP) is 2.43. The molecule has 1 saturated heterocycles. The largest absolute Gasteiger partial charge is 0.480 e. The molecule has 0 saturated carbocycles. The molecule has 1 atom stereocenters. The zero-order valence-electron chi connectivity index (χ0n) is 10.2. The molecular weight excluding hydrogens is 247 g/mol. The third kappa shape index (κ3) is 2.01. The highest BCUT2D eigenvalue weighted by Crippen LogP contribution is 2.30. The number of carboxylic acid groups (broad SMARTS) is 1. The number of anilines is 1. The van der Waals surface area contributed by atoms with Crippen LogP contribution in [0.5, 0.6) is 0 Å². The van der Waals surface area contributed by atoms with E-state index < -0.39 is 12.0 Å². The third-order valence-corrected chi connectivity index (χ3v) is 3.52. The zero-order valence-corrected chi connectivity index (χ0v) is 10.2. The molecule has 2 aromatic rings. The highest BCUT2D eigenvalue weighted by atomic mass is 19.1. The molecule has 1 aliphatic rings. The van der Waals surface area contributed by atoms with Crippen molar-refractivity contribution in [2.24, 2.45) is 0 Å². The SMILES string of the molecule is O=C(O)C1CCCN1c1nccc2ccc(F)cc12. The lowest BCUT2D eigenvalue weighted by atomic mass is 10.1. The van der Waals surface area contributed by atoms with Gasteiger partial charge in [-0.2, -0.15) is 0 Å². The number of carbonyl (C=O) groups is 1. The molecule has 98 valence electrons. The van der Waals surface area contributed by atoms with Gasteiger partial charge in [-0.25, -0.2) is 14.2 Å². The van der Waals surface area contributed by atoms with Crippen LogP contribution in [-0.4, -0.2) is 28.6 Å². The molecule has 0 bridgehead atoms. The number of hydrogen-bond acceptors (Lipinski definition) is 3. The predicted molar refractivity (Wildman–Crippen MR) is 69.7 cm³/mol. The van der Waals surface area contributed by atoms with E-state index in [1.165, 1.54) is 12.1 Å². The minimum atomic E-state index is -0.854. The fourth-order valence-corrected chi connectivity index (χ4v) is 2.63.